The topological polar surface area (TPSA) is 38.3 Å². The van der Waals surface area contributed by atoms with E-state index in [2.05, 4.69) is 27.8 Å². The molecule has 4 heteroatoms. The molecule has 0 saturated heterocycles. The zero-order chi connectivity index (χ0) is 15.9. The number of rotatable bonds is 6. The number of carbonyl (C=O) groups excluding carboxylic acids is 1. The molecule has 0 saturated carbocycles. The Bertz CT molecular complexity index is 665. The van der Waals surface area contributed by atoms with E-state index in [1.807, 2.05) is 31.2 Å². The third-order valence-electron chi connectivity index (χ3n) is 3.12. The van der Waals surface area contributed by atoms with Gasteiger partial charge in [-0.15, -0.1) is 0 Å². The molecule has 2 rings (SSSR count). The van der Waals surface area contributed by atoms with E-state index in [1.54, 1.807) is 24.3 Å². The number of hydrogen-bond donors (Lipinski definition) is 1. The molecule has 2 aromatic carbocycles. The Morgan fingerprint density at radius 1 is 1.27 bits per heavy atom. The van der Waals surface area contributed by atoms with E-state index in [-0.39, 0.29) is 5.91 Å². The van der Waals surface area contributed by atoms with Crippen molar-refractivity contribution >= 4 is 21.8 Å². The number of ether oxygens (including phenoxy) is 1. The van der Waals surface area contributed by atoms with Crippen molar-refractivity contribution in [3.8, 4) is 5.75 Å². The number of amides is 1. The molecule has 0 aliphatic heterocycles. The summed E-state index contributed by atoms with van der Waals surface area (Å²) in [5.74, 6) is 0.575. The van der Waals surface area contributed by atoms with Crippen LogP contribution in [0.5, 0.6) is 5.75 Å². The molecule has 0 unspecified atom stereocenters. The Morgan fingerprint density at radius 2 is 2.00 bits per heavy atom. The molecule has 0 spiro atoms. The van der Waals surface area contributed by atoms with Gasteiger partial charge in [-0.05, 0) is 46.6 Å². The van der Waals surface area contributed by atoms with Crippen molar-refractivity contribution in [2.75, 3.05) is 6.61 Å². The molecular weight excluding hydrogens is 342 g/mol. The first-order valence-corrected chi connectivity index (χ1v) is 7.76. The van der Waals surface area contributed by atoms with Gasteiger partial charge >= 0.3 is 0 Å². The smallest absolute Gasteiger partial charge is 0.251 e. The van der Waals surface area contributed by atoms with Gasteiger partial charge in [0.2, 0.25) is 0 Å². The van der Waals surface area contributed by atoms with Crippen molar-refractivity contribution < 1.29 is 9.53 Å². The molecule has 0 aliphatic rings. The summed E-state index contributed by atoms with van der Waals surface area (Å²) >= 11 is 3.41. The molecule has 0 atom stereocenters. The first-order chi connectivity index (χ1) is 10.6. The van der Waals surface area contributed by atoms with Crippen molar-refractivity contribution in [2.24, 2.45) is 0 Å². The summed E-state index contributed by atoms with van der Waals surface area (Å²) in [5, 5.41) is 2.91. The molecule has 1 N–H and O–H groups in total. The first kappa shape index (κ1) is 16.3. The Kier molecular flexibility index (Phi) is 5.78. The molecule has 0 heterocycles. The maximum atomic E-state index is 12.2. The van der Waals surface area contributed by atoms with Gasteiger partial charge in [-0.25, -0.2) is 0 Å². The lowest BCUT2D eigenvalue weighted by Crippen LogP contribution is -2.22. The predicted octanol–water partition coefficient (Wildman–Crippen LogP) is 4.25. The van der Waals surface area contributed by atoms with E-state index in [0.29, 0.717) is 24.5 Å². The zero-order valence-corrected chi connectivity index (χ0v) is 14.0. The van der Waals surface area contributed by atoms with E-state index in [0.717, 1.165) is 10.0 Å². The normalized spacial score (nSPS) is 10.1. The SMILES string of the molecule is C=CCOc1ccc(C(=O)NCc2ccc(C)cc2)cc1Br. The fourth-order valence-corrected chi connectivity index (χ4v) is 2.39. The Balaban J connectivity index is 1.98. The highest BCUT2D eigenvalue weighted by atomic mass is 79.9. The van der Waals surface area contributed by atoms with Crippen molar-refractivity contribution in [3.63, 3.8) is 0 Å². The molecule has 2 aromatic rings. The summed E-state index contributed by atoms with van der Waals surface area (Å²) in [6, 6.07) is 13.4. The lowest BCUT2D eigenvalue weighted by molar-refractivity contribution is 0.0951. The second-order valence-corrected chi connectivity index (χ2v) is 5.77. The van der Waals surface area contributed by atoms with E-state index in [1.165, 1.54) is 5.56 Å². The van der Waals surface area contributed by atoms with E-state index < -0.39 is 0 Å². The monoisotopic (exact) mass is 359 g/mol. The van der Waals surface area contributed by atoms with Crippen LogP contribution in [0.15, 0.2) is 59.6 Å². The van der Waals surface area contributed by atoms with Gasteiger partial charge in [-0.1, -0.05) is 42.5 Å². The number of carbonyl (C=O) groups is 1. The van der Waals surface area contributed by atoms with E-state index >= 15 is 0 Å². The molecular formula is C18H18BrNO2. The van der Waals surface area contributed by atoms with Crippen LogP contribution in [-0.4, -0.2) is 12.5 Å². The van der Waals surface area contributed by atoms with Crippen LogP contribution in [0.25, 0.3) is 0 Å². The fraction of sp³-hybridized carbons (Fsp3) is 0.167. The van der Waals surface area contributed by atoms with Gasteiger partial charge in [0.15, 0.2) is 0 Å². The zero-order valence-electron chi connectivity index (χ0n) is 12.4. The van der Waals surface area contributed by atoms with Crippen LogP contribution >= 0.6 is 15.9 Å². The van der Waals surface area contributed by atoms with Crippen molar-refractivity contribution in [1.82, 2.24) is 5.32 Å². The Labute approximate surface area is 139 Å². The van der Waals surface area contributed by atoms with Gasteiger partial charge < -0.3 is 10.1 Å². The van der Waals surface area contributed by atoms with Crippen molar-refractivity contribution in [2.45, 2.75) is 13.5 Å². The standard InChI is InChI=1S/C18H18BrNO2/c1-3-10-22-17-9-8-15(11-16(17)19)18(21)20-12-14-6-4-13(2)5-7-14/h3-9,11H,1,10,12H2,2H3,(H,20,21). The third-order valence-corrected chi connectivity index (χ3v) is 3.74. The first-order valence-electron chi connectivity index (χ1n) is 6.97. The molecule has 0 aliphatic carbocycles. The van der Waals surface area contributed by atoms with E-state index in [4.69, 9.17) is 4.74 Å². The highest BCUT2D eigenvalue weighted by Gasteiger charge is 2.09. The van der Waals surface area contributed by atoms with Crippen LogP contribution in [-0.2, 0) is 6.54 Å². The average molecular weight is 360 g/mol. The Hall–Kier alpha value is -2.07. The summed E-state index contributed by atoms with van der Waals surface area (Å²) in [5.41, 5.74) is 2.86. The number of aryl methyl sites for hydroxylation is 1. The van der Waals surface area contributed by atoms with Gasteiger partial charge in [0, 0.05) is 12.1 Å². The fourth-order valence-electron chi connectivity index (χ4n) is 1.90. The van der Waals surface area contributed by atoms with Crippen LogP contribution in [0.4, 0.5) is 0 Å². The molecule has 114 valence electrons. The molecule has 3 nitrogen and oxygen atoms in total. The molecule has 0 radical (unpaired) electrons. The van der Waals surface area contributed by atoms with Gasteiger partial charge in [-0.2, -0.15) is 0 Å². The van der Waals surface area contributed by atoms with Crippen LogP contribution in [0, 0.1) is 6.92 Å². The lowest BCUT2D eigenvalue weighted by Gasteiger charge is -2.09. The molecule has 0 bridgehead atoms. The second kappa shape index (κ2) is 7.80. The lowest BCUT2D eigenvalue weighted by atomic mass is 10.1. The third kappa shape index (κ3) is 4.46. The largest absolute Gasteiger partial charge is 0.488 e. The number of hydrogen-bond acceptors (Lipinski definition) is 2. The highest BCUT2D eigenvalue weighted by molar-refractivity contribution is 9.10. The van der Waals surface area contributed by atoms with Gasteiger partial charge in [0.25, 0.3) is 5.91 Å². The summed E-state index contributed by atoms with van der Waals surface area (Å²) in [6.45, 7) is 6.58. The van der Waals surface area contributed by atoms with Crippen molar-refractivity contribution in [1.29, 1.82) is 0 Å². The maximum absolute atomic E-state index is 12.2. The molecule has 1 amide bonds. The minimum atomic E-state index is -0.114. The van der Waals surface area contributed by atoms with Crippen LogP contribution in [0.3, 0.4) is 0 Å². The number of benzene rings is 2. The summed E-state index contributed by atoms with van der Waals surface area (Å²) < 4.78 is 6.21. The van der Waals surface area contributed by atoms with Crippen LogP contribution in [0.2, 0.25) is 0 Å². The molecule has 0 aromatic heterocycles. The summed E-state index contributed by atoms with van der Waals surface area (Å²) in [4.78, 5) is 12.2. The quantitative estimate of drug-likeness (QED) is 0.782. The number of halogens is 1. The van der Waals surface area contributed by atoms with Crippen LogP contribution in [0.1, 0.15) is 21.5 Å². The van der Waals surface area contributed by atoms with E-state index in [9.17, 15) is 4.79 Å². The predicted molar refractivity (Wildman–Crippen MR) is 92.2 cm³/mol. The number of nitrogens with one attached hydrogen (secondary N) is 1. The summed E-state index contributed by atoms with van der Waals surface area (Å²) in [6.07, 6.45) is 1.68. The maximum Gasteiger partial charge on any atom is 0.251 e. The minimum Gasteiger partial charge on any atom is -0.488 e. The molecule has 22 heavy (non-hydrogen) atoms. The highest BCUT2D eigenvalue weighted by Crippen LogP contribution is 2.26. The minimum absolute atomic E-state index is 0.114. The molecule has 0 fully saturated rings. The van der Waals surface area contributed by atoms with Gasteiger partial charge in [0.05, 0.1) is 4.47 Å². The van der Waals surface area contributed by atoms with Crippen molar-refractivity contribution in [3.05, 3.63) is 76.3 Å². The second-order valence-electron chi connectivity index (χ2n) is 4.91. The van der Waals surface area contributed by atoms with Crippen LogP contribution < -0.4 is 10.1 Å². The Morgan fingerprint density at radius 3 is 2.64 bits per heavy atom. The summed E-state index contributed by atoms with van der Waals surface area (Å²) in [7, 11) is 0. The van der Waals surface area contributed by atoms with Gasteiger partial charge in [-0.3, -0.25) is 4.79 Å². The van der Waals surface area contributed by atoms with Gasteiger partial charge in [0.1, 0.15) is 12.4 Å². The average Bonchev–Trinajstić information content (AvgIpc) is 2.53.